The number of sulfonamides is 2. The minimum absolute atomic E-state index is 0.114. The van der Waals surface area contributed by atoms with Crippen LogP contribution >= 0.6 is 34.8 Å². The molecule has 0 saturated carbocycles. The van der Waals surface area contributed by atoms with Crippen LogP contribution in [0.15, 0.2) is 21.9 Å². The SMILES string of the molecule is CN(C)S(=O)(=O)c1cc2c(cc1Cl)NC(C(Cl)Cl)NS2(=O)=O. The van der Waals surface area contributed by atoms with Crippen LogP contribution in [0.3, 0.4) is 0 Å². The Bertz CT molecular complexity index is 809. The van der Waals surface area contributed by atoms with Gasteiger partial charge in [0.25, 0.3) is 0 Å². The fourth-order valence-electron chi connectivity index (χ4n) is 1.81. The van der Waals surface area contributed by atoms with Gasteiger partial charge in [0.1, 0.15) is 20.8 Å². The van der Waals surface area contributed by atoms with Crippen LogP contribution in [0.25, 0.3) is 0 Å². The zero-order valence-corrected chi connectivity index (χ0v) is 15.2. The zero-order valence-electron chi connectivity index (χ0n) is 11.3. The number of benzene rings is 1. The smallest absolute Gasteiger partial charge is 0.244 e. The van der Waals surface area contributed by atoms with Crippen LogP contribution in [0.4, 0.5) is 5.69 Å². The van der Waals surface area contributed by atoms with Crippen molar-refractivity contribution < 1.29 is 16.8 Å². The Hall–Kier alpha value is -0.290. The van der Waals surface area contributed by atoms with E-state index >= 15 is 0 Å². The monoisotopic (exact) mass is 407 g/mol. The number of nitrogens with zero attached hydrogens (tertiary/aromatic N) is 1. The molecule has 1 atom stereocenters. The lowest BCUT2D eigenvalue weighted by Crippen LogP contribution is -2.48. The molecule has 7 nitrogen and oxygen atoms in total. The molecule has 0 bridgehead atoms. The first-order valence-electron chi connectivity index (χ1n) is 5.80. The fraction of sp³-hybridized carbons (Fsp3) is 0.400. The predicted octanol–water partition coefficient (Wildman–Crippen LogP) is 1.42. The van der Waals surface area contributed by atoms with Gasteiger partial charge in [0.2, 0.25) is 20.0 Å². The van der Waals surface area contributed by atoms with Gasteiger partial charge < -0.3 is 5.32 Å². The van der Waals surface area contributed by atoms with Gasteiger partial charge in [0.05, 0.1) is 10.7 Å². The Labute approximate surface area is 143 Å². The van der Waals surface area contributed by atoms with Crippen molar-refractivity contribution in [2.45, 2.75) is 20.8 Å². The Kier molecular flexibility index (Phi) is 4.90. The quantitative estimate of drug-likeness (QED) is 0.738. The summed E-state index contributed by atoms with van der Waals surface area (Å²) in [4.78, 5) is -1.61. The minimum atomic E-state index is -3.98. The number of alkyl halides is 2. The second-order valence-corrected chi connectivity index (χ2v) is 10.0. The first-order chi connectivity index (χ1) is 9.96. The maximum absolute atomic E-state index is 12.2. The number of anilines is 1. The molecule has 0 amide bonds. The molecule has 1 unspecified atom stereocenters. The molecular weight excluding hydrogens is 397 g/mol. The molecule has 0 spiro atoms. The van der Waals surface area contributed by atoms with Crippen molar-refractivity contribution in [2.75, 3.05) is 19.4 Å². The molecule has 1 aliphatic rings. The Morgan fingerprint density at radius 3 is 2.36 bits per heavy atom. The number of halogens is 3. The number of fused-ring (bicyclic) bond motifs is 1. The summed E-state index contributed by atoms with van der Waals surface area (Å²) in [7, 11) is -5.24. The predicted molar refractivity (Wildman–Crippen MR) is 85.6 cm³/mol. The van der Waals surface area contributed by atoms with Crippen LogP contribution < -0.4 is 10.0 Å². The Morgan fingerprint density at radius 2 is 1.86 bits per heavy atom. The first-order valence-corrected chi connectivity index (χ1v) is 9.97. The summed E-state index contributed by atoms with van der Waals surface area (Å²) in [5.74, 6) is 0. The van der Waals surface area contributed by atoms with Crippen molar-refractivity contribution in [1.82, 2.24) is 9.03 Å². The van der Waals surface area contributed by atoms with Crippen LogP contribution in [-0.2, 0) is 20.0 Å². The van der Waals surface area contributed by atoms with Crippen molar-refractivity contribution >= 4 is 60.5 Å². The van der Waals surface area contributed by atoms with Crippen molar-refractivity contribution in [3.05, 3.63) is 17.2 Å². The number of nitrogens with one attached hydrogen (secondary N) is 2. The molecule has 2 rings (SSSR count). The summed E-state index contributed by atoms with van der Waals surface area (Å²) in [6.07, 6.45) is -0.951. The topological polar surface area (TPSA) is 95.6 Å². The van der Waals surface area contributed by atoms with Crippen molar-refractivity contribution in [3.63, 3.8) is 0 Å². The van der Waals surface area contributed by atoms with Gasteiger partial charge in [-0.1, -0.05) is 11.6 Å². The van der Waals surface area contributed by atoms with Gasteiger partial charge in [-0.15, -0.1) is 23.2 Å². The van der Waals surface area contributed by atoms with Crippen molar-refractivity contribution in [1.29, 1.82) is 0 Å². The van der Waals surface area contributed by atoms with Gasteiger partial charge in [-0.25, -0.2) is 21.1 Å². The maximum Gasteiger partial charge on any atom is 0.244 e. The van der Waals surface area contributed by atoms with Gasteiger partial charge in [0, 0.05) is 14.1 Å². The van der Waals surface area contributed by atoms with Gasteiger partial charge in [0.15, 0.2) is 0 Å². The van der Waals surface area contributed by atoms with Crippen LogP contribution in [-0.4, -0.2) is 46.2 Å². The first kappa shape index (κ1) is 18.1. The highest BCUT2D eigenvalue weighted by atomic mass is 35.5. The highest BCUT2D eigenvalue weighted by Gasteiger charge is 2.35. The van der Waals surface area contributed by atoms with Gasteiger partial charge in [-0.05, 0) is 12.1 Å². The van der Waals surface area contributed by atoms with E-state index in [-0.39, 0.29) is 20.5 Å². The molecule has 1 aromatic rings. The summed E-state index contributed by atoms with van der Waals surface area (Å²) < 4.78 is 52.0. The average molecular weight is 409 g/mol. The zero-order chi connectivity index (χ0) is 16.9. The molecule has 0 saturated heterocycles. The highest BCUT2D eigenvalue weighted by Crippen LogP contribution is 2.35. The Balaban J connectivity index is 2.67. The third-order valence-corrected chi connectivity index (χ3v) is 7.19. The lowest BCUT2D eigenvalue weighted by Gasteiger charge is -2.29. The van der Waals surface area contributed by atoms with E-state index in [1.54, 1.807) is 0 Å². The molecule has 1 heterocycles. The van der Waals surface area contributed by atoms with Gasteiger partial charge >= 0.3 is 0 Å². The van der Waals surface area contributed by atoms with Gasteiger partial charge in [-0.3, -0.25) is 0 Å². The molecule has 12 heteroatoms. The Morgan fingerprint density at radius 1 is 1.27 bits per heavy atom. The largest absolute Gasteiger partial charge is 0.366 e. The van der Waals surface area contributed by atoms with Crippen molar-refractivity contribution in [3.8, 4) is 0 Å². The van der Waals surface area contributed by atoms with E-state index in [0.717, 1.165) is 10.4 Å². The van der Waals surface area contributed by atoms with Crippen molar-refractivity contribution in [2.24, 2.45) is 0 Å². The molecule has 1 aromatic carbocycles. The van der Waals surface area contributed by atoms with Crippen LogP contribution in [0.1, 0.15) is 0 Å². The molecule has 0 radical (unpaired) electrons. The summed E-state index contributed by atoms with van der Waals surface area (Å²) in [5, 5.41) is 2.64. The summed E-state index contributed by atoms with van der Waals surface area (Å²) in [6.45, 7) is 0. The minimum Gasteiger partial charge on any atom is -0.366 e. The maximum atomic E-state index is 12.2. The summed E-state index contributed by atoms with van der Waals surface area (Å²) in [6, 6.07) is 2.21. The number of hydrogen-bond acceptors (Lipinski definition) is 5. The lowest BCUT2D eigenvalue weighted by molar-refractivity contribution is 0.520. The lowest BCUT2D eigenvalue weighted by atomic mass is 10.3. The molecule has 0 aromatic heterocycles. The van der Waals surface area contributed by atoms with E-state index in [0.29, 0.717) is 0 Å². The third kappa shape index (κ3) is 3.16. The molecule has 1 aliphatic heterocycles. The molecular formula is C10H12Cl3N3O4S2. The second-order valence-electron chi connectivity index (χ2n) is 4.64. The van der Waals surface area contributed by atoms with Crippen LogP contribution in [0.2, 0.25) is 5.02 Å². The normalized spacial score (nSPS) is 20.8. The van der Waals surface area contributed by atoms with E-state index < -0.39 is 31.0 Å². The molecule has 124 valence electrons. The van der Waals surface area contributed by atoms with Crippen LogP contribution in [0.5, 0.6) is 0 Å². The fourth-order valence-corrected chi connectivity index (χ4v) is 5.04. The highest BCUT2D eigenvalue weighted by molar-refractivity contribution is 7.90. The second kappa shape index (κ2) is 5.97. The summed E-state index contributed by atoms with van der Waals surface area (Å²) in [5.41, 5.74) is 0.123. The number of rotatable bonds is 3. The standard InChI is InChI=1S/C10H12Cl3N3O4S2/c1-16(2)22(19,20)7-4-8-6(3-5(7)11)14-10(9(12)13)15-21(8,17)18/h3-4,9-10,14-15H,1-2H3. The molecule has 2 N–H and O–H groups in total. The molecule has 0 aliphatic carbocycles. The van der Waals surface area contributed by atoms with E-state index in [1.807, 2.05) is 0 Å². The van der Waals surface area contributed by atoms with Gasteiger partial charge in [-0.2, -0.15) is 4.72 Å². The number of hydrogen-bond donors (Lipinski definition) is 2. The van der Waals surface area contributed by atoms with Crippen LogP contribution in [0, 0.1) is 0 Å². The van der Waals surface area contributed by atoms with E-state index in [1.165, 1.54) is 20.2 Å². The molecule has 22 heavy (non-hydrogen) atoms. The van der Waals surface area contributed by atoms with E-state index in [4.69, 9.17) is 34.8 Å². The van der Waals surface area contributed by atoms with E-state index in [9.17, 15) is 16.8 Å². The third-order valence-electron chi connectivity index (χ3n) is 2.93. The average Bonchev–Trinajstić information content (AvgIpc) is 2.36. The molecule has 0 fully saturated rings. The van der Waals surface area contributed by atoms with E-state index in [2.05, 4.69) is 10.0 Å². The summed E-state index contributed by atoms with van der Waals surface area (Å²) >= 11 is 17.3.